The normalized spacial score (nSPS) is 12.9. The van der Waals surface area contributed by atoms with Crippen molar-refractivity contribution in [1.29, 1.82) is 0 Å². The standard InChI is InChI=1S/C12H18ClNO/c1-8(2)7-15-10-4-5-11(9(3)14)12(13)6-10/h4-6,8-9H,7,14H2,1-3H3. The van der Waals surface area contributed by atoms with Gasteiger partial charge in [0.25, 0.3) is 0 Å². The summed E-state index contributed by atoms with van der Waals surface area (Å²) < 4.78 is 5.56. The molecule has 0 aromatic heterocycles. The van der Waals surface area contributed by atoms with Gasteiger partial charge in [0.1, 0.15) is 5.75 Å². The monoisotopic (exact) mass is 227 g/mol. The van der Waals surface area contributed by atoms with Gasteiger partial charge in [-0.1, -0.05) is 31.5 Å². The summed E-state index contributed by atoms with van der Waals surface area (Å²) in [6, 6.07) is 5.61. The Morgan fingerprint density at radius 1 is 1.33 bits per heavy atom. The number of benzene rings is 1. The van der Waals surface area contributed by atoms with Crippen LogP contribution in [0.15, 0.2) is 18.2 Å². The lowest BCUT2D eigenvalue weighted by atomic mass is 10.1. The number of ether oxygens (including phenoxy) is 1. The molecule has 15 heavy (non-hydrogen) atoms. The number of nitrogens with two attached hydrogens (primary N) is 1. The van der Waals surface area contributed by atoms with Crippen LogP contribution < -0.4 is 10.5 Å². The molecule has 0 spiro atoms. The van der Waals surface area contributed by atoms with Crippen molar-refractivity contribution < 1.29 is 4.74 Å². The lowest BCUT2D eigenvalue weighted by Gasteiger charge is -2.12. The van der Waals surface area contributed by atoms with Gasteiger partial charge in [-0.2, -0.15) is 0 Å². The molecule has 0 aliphatic rings. The van der Waals surface area contributed by atoms with E-state index in [-0.39, 0.29) is 6.04 Å². The predicted octanol–water partition coefficient (Wildman–Crippen LogP) is 3.39. The van der Waals surface area contributed by atoms with Crippen LogP contribution in [0.1, 0.15) is 32.4 Å². The van der Waals surface area contributed by atoms with Crippen molar-refractivity contribution in [2.24, 2.45) is 11.7 Å². The molecule has 0 aliphatic carbocycles. The second-order valence-corrected chi connectivity index (χ2v) is 4.58. The fourth-order valence-corrected chi connectivity index (χ4v) is 1.57. The van der Waals surface area contributed by atoms with Gasteiger partial charge < -0.3 is 10.5 Å². The Hall–Kier alpha value is -0.730. The maximum atomic E-state index is 6.08. The molecule has 0 saturated heterocycles. The van der Waals surface area contributed by atoms with E-state index < -0.39 is 0 Å². The Kier molecular flexibility index (Phi) is 4.43. The maximum Gasteiger partial charge on any atom is 0.120 e. The lowest BCUT2D eigenvalue weighted by Crippen LogP contribution is -2.07. The van der Waals surface area contributed by atoms with Gasteiger partial charge in [-0.05, 0) is 30.5 Å². The Bertz CT molecular complexity index is 323. The second kappa shape index (κ2) is 5.38. The second-order valence-electron chi connectivity index (χ2n) is 4.18. The molecule has 0 bridgehead atoms. The molecular formula is C12H18ClNO. The first kappa shape index (κ1) is 12.3. The molecular weight excluding hydrogens is 210 g/mol. The lowest BCUT2D eigenvalue weighted by molar-refractivity contribution is 0.271. The van der Waals surface area contributed by atoms with Crippen LogP contribution in [-0.2, 0) is 0 Å². The first-order valence-corrected chi connectivity index (χ1v) is 5.56. The maximum absolute atomic E-state index is 6.08. The van der Waals surface area contributed by atoms with E-state index >= 15 is 0 Å². The Morgan fingerprint density at radius 2 is 2.00 bits per heavy atom. The van der Waals surface area contributed by atoms with E-state index in [4.69, 9.17) is 22.1 Å². The van der Waals surface area contributed by atoms with Crippen molar-refractivity contribution in [3.05, 3.63) is 28.8 Å². The van der Waals surface area contributed by atoms with Crippen LogP contribution in [-0.4, -0.2) is 6.61 Å². The molecule has 3 heteroatoms. The molecule has 0 saturated carbocycles. The van der Waals surface area contributed by atoms with Crippen LogP contribution in [0.3, 0.4) is 0 Å². The molecule has 0 radical (unpaired) electrons. The number of hydrogen-bond donors (Lipinski definition) is 1. The van der Waals surface area contributed by atoms with E-state index in [9.17, 15) is 0 Å². The Balaban J connectivity index is 2.73. The van der Waals surface area contributed by atoms with Crippen molar-refractivity contribution in [2.45, 2.75) is 26.8 Å². The summed E-state index contributed by atoms with van der Waals surface area (Å²) >= 11 is 6.08. The number of rotatable bonds is 4. The molecule has 84 valence electrons. The van der Waals surface area contributed by atoms with Crippen LogP contribution in [0, 0.1) is 5.92 Å². The first-order valence-electron chi connectivity index (χ1n) is 5.18. The highest BCUT2D eigenvalue weighted by molar-refractivity contribution is 6.31. The zero-order chi connectivity index (χ0) is 11.4. The highest BCUT2D eigenvalue weighted by Gasteiger charge is 2.06. The van der Waals surface area contributed by atoms with Gasteiger partial charge in [0.05, 0.1) is 6.61 Å². The largest absolute Gasteiger partial charge is 0.493 e. The fraction of sp³-hybridized carbons (Fsp3) is 0.500. The van der Waals surface area contributed by atoms with Crippen LogP contribution in [0.25, 0.3) is 0 Å². The zero-order valence-corrected chi connectivity index (χ0v) is 10.2. The fourth-order valence-electron chi connectivity index (χ4n) is 1.23. The average molecular weight is 228 g/mol. The quantitative estimate of drug-likeness (QED) is 0.856. The summed E-state index contributed by atoms with van der Waals surface area (Å²) in [7, 11) is 0. The molecule has 2 N–H and O–H groups in total. The summed E-state index contributed by atoms with van der Waals surface area (Å²) in [5.41, 5.74) is 6.71. The number of halogens is 1. The van der Waals surface area contributed by atoms with E-state index in [0.717, 1.165) is 11.3 Å². The van der Waals surface area contributed by atoms with Gasteiger partial charge in [0.2, 0.25) is 0 Å². The Labute approximate surface area is 96.4 Å². The summed E-state index contributed by atoms with van der Waals surface area (Å²) in [6.45, 7) is 6.83. The minimum atomic E-state index is -0.0448. The summed E-state index contributed by atoms with van der Waals surface area (Å²) in [4.78, 5) is 0. The van der Waals surface area contributed by atoms with Gasteiger partial charge in [-0.25, -0.2) is 0 Å². The molecule has 2 nitrogen and oxygen atoms in total. The van der Waals surface area contributed by atoms with Crippen molar-refractivity contribution in [1.82, 2.24) is 0 Å². The van der Waals surface area contributed by atoms with Crippen molar-refractivity contribution in [3.8, 4) is 5.75 Å². The van der Waals surface area contributed by atoms with Crippen LogP contribution >= 0.6 is 11.6 Å². The molecule has 0 aliphatic heterocycles. The third-order valence-corrected chi connectivity index (χ3v) is 2.37. The molecule has 1 atom stereocenters. The molecule has 1 aromatic carbocycles. The zero-order valence-electron chi connectivity index (χ0n) is 9.46. The van der Waals surface area contributed by atoms with E-state index in [0.29, 0.717) is 17.5 Å². The van der Waals surface area contributed by atoms with Crippen molar-refractivity contribution >= 4 is 11.6 Å². The van der Waals surface area contributed by atoms with E-state index in [1.165, 1.54) is 0 Å². The molecule has 1 aromatic rings. The smallest absolute Gasteiger partial charge is 0.120 e. The van der Waals surface area contributed by atoms with Gasteiger partial charge in [-0.3, -0.25) is 0 Å². The average Bonchev–Trinajstić information content (AvgIpc) is 2.14. The summed E-state index contributed by atoms with van der Waals surface area (Å²) in [6.07, 6.45) is 0. The van der Waals surface area contributed by atoms with E-state index in [2.05, 4.69) is 13.8 Å². The SMILES string of the molecule is CC(C)COc1ccc(C(C)N)c(Cl)c1. The summed E-state index contributed by atoms with van der Waals surface area (Å²) in [5, 5.41) is 0.672. The highest BCUT2D eigenvalue weighted by Crippen LogP contribution is 2.26. The van der Waals surface area contributed by atoms with Crippen LogP contribution in [0.5, 0.6) is 5.75 Å². The topological polar surface area (TPSA) is 35.2 Å². The molecule has 0 amide bonds. The predicted molar refractivity (Wildman–Crippen MR) is 64.4 cm³/mol. The Morgan fingerprint density at radius 3 is 2.47 bits per heavy atom. The van der Waals surface area contributed by atoms with Crippen LogP contribution in [0.4, 0.5) is 0 Å². The molecule has 0 fully saturated rings. The van der Waals surface area contributed by atoms with Gasteiger partial charge in [0.15, 0.2) is 0 Å². The van der Waals surface area contributed by atoms with Crippen molar-refractivity contribution in [2.75, 3.05) is 6.61 Å². The molecule has 0 heterocycles. The number of hydrogen-bond acceptors (Lipinski definition) is 2. The first-order chi connectivity index (χ1) is 7.00. The molecule has 1 rings (SSSR count). The van der Waals surface area contributed by atoms with E-state index in [1.807, 2.05) is 25.1 Å². The van der Waals surface area contributed by atoms with Gasteiger partial charge >= 0.3 is 0 Å². The third kappa shape index (κ3) is 3.73. The third-order valence-electron chi connectivity index (χ3n) is 2.05. The minimum Gasteiger partial charge on any atom is -0.493 e. The van der Waals surface area contributed by atoms with Crippen LogP contribution in [0.2, 0.25) is 5.02 Å². The van der Waals surface area contributed by atoms with Gasteiger partial charge in [0, 0.05) is 11.1 Å². The summed E-state index contributed by atoms with van der Waals surface area (Å²) in [5.74, 6) is 1.31. The van der Waals surface area contributed by atoms with Crippen molar-refractivity contribution in [3.63, 3.8) is 0 Å². The van der Waals surface area contributed by atoms with Gasteiger partial charge in [-0.15, -0.1) is 0 Å². The molecule has 1 unspecified atom stereocenters. The highest BCUT2D eigenvalue weighted by atomic mass is 35.5. The van der Waals surface area contributed by atoms with E-state index in [1.54, 1.807) is 0 Å². The minimum absolute atomic E-state index is 0.0448.